The van der Waals surface area contributed by atoms with Crippen LogP contribution in [0.5, 0.6) is 0 Å². The predicted molar refractivity (Wildman–Crippen MR) is 287 cm³/mol. The molecule has 0 aromatic carbocycles. The molecule has 6 heteroatoms. The van der Waals surface area contributed by atoms with Gasteiger partial charge in [-0.05, 0) is 51.4 Å². The number of allylic oxidation sites excluding steroid dienone is 6. The van der Waals surface area contributed by atoms with E-state index in [0.29, 0.717) is 19.3 Å². The summed E-state index contributed by atoms with van der Waals surface area (Å²) in [5.41, 5.74) is 0. The maximum atomic E-state index is 13.3. The molecule has 388 valence electrons. The monoisotopic (exact) mass is 928 g/mol. The molecule has 0 bridgehead atoms. The molecule has 0 spiro atoms. The van der Waals surface area contributed by atoms with Crippen LogP contribution >= 0.6 is 0 Å². The van der Waals surface area contributed by atoms with Crippen LogP contribution in [0.4, 0.5) is 0 Å². The molecule has 0 aromatic rings. The third kappa shape index (κ3) is 48.5. The van der Waals surface area contributed by atoms with Gasteiger partial charge in [0, 0.05) is 6.42 Å². The summed E-state index contributed by atoms with van der Waals surface area (Å²) in [4.78, 5) is 26.3. The van der Waals surface area contributed by atoms with Crippen LogP contribution in [0.15, 0.2) is 36.5 Å². The zero-order chi connectivity index (χ0) is 48.1. The molecule has 0 saturated carbocycles. The van der Waals surface area contributed by atoms with E-state index in [1.165, 1.54) is 193 Å². The fourth-order valence-corrected chi connectivity index (χ4v) is 9.08. The molecule has 66 heavy (non-hydrogen) atoms. The van der Waals surface area contributed by atoms with Gasteiger partial charge in [0.05, 0.1) is 25.2 Å². The topological polar surface area (TPSA) is 95.9 Å². The smallest absolute Gasteiger partial charge is 0.306 e. The van der Waals surface area contributed by atoms with Crippen LogP contribution in [0.1, 0.15) is 310 Å². The second-order valence-corrected chi connectivity index (χ2v) is 20.1. The summed E-state index contributed by atoms with van der Waals surface area (Å²) in [6.45, 7) is 6.49. The van der Waals surface area contributed by atoms with Gasteiger partial charge in [-0.15, -0.1) is 0 Å². The van der Waals surface area contributed by atoms with Crippen LogP contribution in [-0.2, 0) is 14.3 Å². The quantitative estimate of drug-likeness (QED) is 0.0321. The molecular formula is C60H113NO5. The van der Waals surface area contributed by atoms with E-state index >= 15 is 0 Å². The van der Waals surface area contributed by atoms with E-state index < -0.39 is 18.2 Å². The molecule has 3 unspecified atom stereocenters. The molecule has 0 saturated heterocycles. The first kappa shape index (κ1) is 64.1. The van der Waals surface area contributed by atoms with E-state index in [9.17, 15) is 19.8 Å². The summed E-state index contributed by atoms with van der Waals surface area (Å²) in [6, 6.07) is -0.710. The molecule has 0 fully saturated rings. The van der Waals surface area contributed by atoms with Crippen molar-refractivity contribution in [3.05, 3.63) is 36.5 Å². The SMILES string of the molecule is CCCCCCC/C=C/C=C/C=C/CCCCCC(CC(=O)NC(CO)C(O)CCCCCCCCCCCCCC)OC(=O)CCCCCCCCCCCCCCCCCCCCC. The summed E-state index contributed by atoms with van der Waals surface area (Å²) in [7, 11) is 0. The second-order valence-electron chi connectivity index (χ2n) is 20.1. The standard InChI is InChI=1S/C60H113NO5/c1-4-7-10-13-16-19-22-25-27-29-30-31-33-35-38-41-44-47-50-53-60(65)66-56(51-48-45-42-39-36-34-32-28-26-23-20-17-14-11-8-5-2)54-59(64)61-57(55-62)58(63)52-49-46-43-40-37-24-21-18-15-12-9-6-3/h23,26,28,32,34,36,56-58,62-63H,4-22,24-25,27,29-31,33,35,37-55H2,1-3H3,(H,61,64)/b26-23+,32-28+,36-34+. The van der Waals surface area contributed by atoms with Crippen LogP contribution in [-0.4, -0.2) is 46.9 Å². The van der Waals surface area contributed by atoms with E-state index in [-0.39, 0.29) is 24.9 Å². The normalized spacial score (nSPS) is 13.3. The molecule has 0 aromatic heterocycles. The Hall–Kier alpha value is -1.92. The van der Waals surface area contributed by atoms with E-state index in [0.717, 1.165) is 70.6 Å². The minimum absolute atomic E-state index is 0.0592. The number of esters is 1. The molecule has 0 heterocycles. The van der Waals surface area contributed by atoms with Crippen LogP contribution in [0.2, 0.25) is 0 Å². The van der Waals surface area contributed by atoms with Gasteiger partial charge < -0.3 is 20.3 Å². The van der Waals surface area contributed by atoms with Crippen molar-refractivity contribution in [3.8, 4) is 0 Å². The second kappa shape index (κ2) is 54.0. The molecule has 0 aliphatic heterocycles. The maximum absolute atomic E-state index is 13.3. The lowest BCUT2D eigenvalue weighted by molar-refractivity contribution is -0.151. The third-order valence-corrected chi connectivity index (χ3v) is 13.5. The molecule has 0 rings (SSSR count). The van der Waals surface area contributed by atoms with E-state index in [4.69, 9.17) is 4.74 Å². The third-order valence-electron chi connectivity index (χ3n) is 13.5. The highest BCUT2D eigenvalue weighted by Crippen LogP contribution is 2.18. The number of ether oxygens (including phenoxy) is 1. The Morgan fingerprint density at radius 3 is 1.17 bits per heavy atom. The first-order valence-electron chi connectivity index (χ1n) is 29.2. The van der Waals surface area contributed by atoms with Crippen molar-refractivity contribution in [2.24, 2.45) is 0 Å². The zero-order valence-corrected chi connectivity index (χ0v) is 44.3. The van der Waals surface area contributed by atoms with Crippen molar-refractivity contribution < 1.29 is 24.5 Å². The summed E-state index contributed by atoms with van der Waals surface area (Å²) >= 11 is 0. The number of nitrogens with one attached hydrogen (secondary N) is 1. The fourth-order valence-electron chi connectivity index (χ4n) is 9.08. The molecular weight excluding hydrogens is 815 g/mol. The number of carbonyl (C=O) groups excluding carboxylic acids is 2. The highest BCUT2D eigenvalue weighted by molar-refractivity contribution is 5.77. The Balaban J connectivity index is 4.56. The molecule has 0 aliphatic rings. The van der Waals surface area contributed by atoms with Gasteiger partial charge in [0.15, 0.2) is 0 Å². The van der Waals surface area contributed by atoms with Crippen molar-refractivity contribution in [1.29, 1.82) is 0 Å². The van der Waals surface area contributed by atoms with Gasteiger partial charge in [-0.25, -0.2) is 0 Å². The van der Waals surface area contributed by atoms with Gasteiger partial charge >= 0.3 is 5.97 Å². The lowest BCUT2D eigenvalue weighted by Crippen LogP contribution is -2.46. The van der Waals surface area contributed by atoms with E-state index in [1.54, 1.807) is 0 Å². The Bertz CT molecular complexity index is 1090. The average molecular weight is 929 g/mol. The van der Waals surface area contributed by atoms with E-state index in [1.807, 2.05) is 0 Å². The van der Waals surface area contributed by atoms with Gasteiger partial charge in [0.25, 0.3) is 0 Å². The molecule has 0 aliphatic carbocycles. The maximum Gasteiger partial charge on any atom is 0.306 e. The Morgan fingerprint density at radius 2 is 0.773 bits per heavy atom. The molecule has 3 atom stereocenters. The highest BCUT2D eigenvalue weighted by atomic mass is 16.5. The van der Waals surface area contributed by atoms with Crippen molar-refractivity contribution in [3.63, 3.8) is 0 Å². The first-order chi connectivity index (χ1) is 32.5. The Labute approximate surface area is 411 Å². The summed E-state index contributed by atoms with van der Waals surface area (Å²) in [5, 5.41) is 23.8. The number of aliphatic hydroxyl groups excluding tert-OH is 2. The number of hydrogen-bond acceptors (Lipinski definition) is 5. The Kier molecular flexibility index (Phi) is 52.5. The lowest BCUT2D eigenvalue weighted by atomic mass is 10.0. The summed E-state index contributed by atoms with van der Waals surface area (Å²) in [6.07, 6.45) is 65.0. The average Bonchev–Trinajstić information content (AvgIpc) is 3.31. The van der Waals surface area contributed by atoms with Crippen LogP contribution < -0.4 is 5.32 Å². The van der Waals surface area contributed by atoms with Crippen LogP contribution in [0, 0.1) is 0 Å². The zero-order valence-electron chi connectivity index (χ0n) is 44.3. The van der Waals surface area contributed by atoms with Crippen LogP contribution in [0.3, 0.4) is 0 Å². The number of unbranched alkanes of at least 4 members (excludes halogenated alkanes) is 37. The van der Waals surface area contributed by atoms with Gasteiger partial charge in [0.1, 0.15) is 6.10 Å². The van der Waals surface area contributed by atoms with Crippen LogP contribution in [0.25, 0.3) is 0 Å². The number of aliphatic hydroxyl groups is 2. The highest BCUT2D eigenvalue weighted by Gasteiger charge is 2.24. The number of hydrogen-bond donors (Lipinski definition) is 3. The van der Waals surface area contributed by atoms with Gasteiger partial charge in [-0.2, -0.15) is 0 Å². The molecule has 1 amide bonds. The Morgan fingerprint density at radius 1 is 0.439 bits per heavy atom. The predicted octanol–water partition coefficient (Wildman–Crippen LogP) is 18.0. The number of amides is 1. The lowest BCUT2D eigenvalue weighted by Gasteiger charge is -2.24. The molecule has 6 nitrogen and oxygen atoms in total. The van der Waals surface area contributed by atoms with E-state index in [2.05, 4.69) is 62.5 Å². The first-order valence-corrected chi connectivity index (χ1v) is 29.2. The van der Waals surface area contributed by atoms with Crippen molar-refractivity contribution >= 4 is 11.9 Å². The minimum Gasteiger partial charge on any atom is -0.462 e. The molecule has 0 radical (unpaired) electrons. The minimum atomic E-state index is -0.795. The van der Waals surface area contributed by atoms with Gasteiger partial charge in [-0.3, -0.25) is 9.59 Å². The number of carbonyl (C=O) groups is 2. The summed E-state index contributed by atoms with van der Waals surface area (Å²) in [5.74, 6) is -0.491. The van der Waals surface area contributed by atoms with Crippen molar-refractivity contribution in [2.45, 2.75) is 328 Å². The largest absolute Gasteiger partial charge is 0.462 e. The fraction of sp³-hybridized carbons (Fsp3) is 0.867. The van der Waals surface area contributed by atoms with Crippen molar-refractivity contribution in [1.82, 2.24) is 5.32 Å². The summed E-state index contributed by atoms with van der Waals surface area (Å²) < 4.78 is 5.95. The molecule has 3 N–H and O–H groups in total. The number of rotatable bonds is 53. The van der Waals surface area contributed by atoms with Crippen molar-refractivity contribution in [2.75, 3.05) is 6.61 Å². The van der Waals surface area contributed by atoms with Gasteiger partial charge in [-0.1, -0.05) is 282 Å². The van der Waals surface area contributed by atoms with Gasteiger partial charge in [0.2, 0.25) is 5.91 Å².